The van der Waals surface area contributed by atoms with E-state index in [9.17, 15) is 0 Å². The van der Waals surface area contributed by atoms with E-state index >= 15 is 0 Å². The van der Waals surface area contributed by atoms with Crippen molar-refractivity contribution in [2.75, 3.05) is 0 Å². The van der Waals surface area contributed by atoms with Crippen molar-refractivity contribution < 1.29 is 0 Å². The van der Waals surface area contributed by atoms with Gasteiger partial charge in [-0.1, -0.05) is 30.3 Å². The number of terminal acetylenes is 1. The Hall–Kier alpha value is -2.14. The van der Waals surface area contributed by atoms with Gasteiger partial charge in [0.15, 0.2) is 0 Å². The van der Waals surface area contributed by atoms with Crippen LogP contribution < -0.4 is 0 Å². The number of nitrogens with zero attached hydrogens (tertiary/aromatic N) is 2. The minimum atomic E-state index is 0.560. The molecule has 0 spiro atoms. The monoisotopic (exact) mass is 180 g/mol. The Balaban J connectivity index is 2.40. The normalized spacial score (nSPS) is 9.36. The fraction of sp³-hybridized carbons (Fsp3) is 0. The standard InChI is InChI=1S/C12H8N2/c1-2-11-8-9-12(14-13-11)10-6-4-3-5-7-10/h1,3-9H. The van der Waals surface area contributed by atoms with Gasteiger partial charge in [-0.25, -0.2) is 0 Å². The maximum absolute atomic E-state index is 5.19. The summed E-state index contributed by atoms with van der Waals surface area (Å²) in [7, 11) is 0. The maximum atomic E-state index is 5.19. The molecule has 0 saturated carbocycles. The zero-order valence-corrected chi connectivity index (χ0v) is 7.51. The smallest absolute Gasteiger partial charge is 0.135 e. The average molecular weight is 180 g/mol. The first-order valence-corrected chi connectivity index (χ1v) is 4.26. The van der Waals surface area contributed by atoms with Crippen molar-refractivity contribution in [2.24, 2.45) is 0 Å². The summed E-state index contributed by atoms with van der Waals surface area (Å²) in [5.41, 5.74) is 2.44. The van der Waals surface area contributed by atoms with E-state index in [1.54, 1.807) is 6.07 Å². The lowest BCUT2D eigenvalue weighted by molar-refractivity contribution is 1.02. The van der Waals surface area contributed by atoms with Crippen molar-refractivity contribution in [3.05, 3.63) is 48.2 Å². The molecular formula is C12H8N2. The molecule has 14 heavy (non-hydrogen) atoms. The first-order chi connectivity index (χ1) is 6.90. The molecule has 2 rings (SSSR count). The molecule has 0 N–H and O–H groups in total. The predicted molar refractivity (Wildman–Crippen MR) is 55.4 cm³/mol. The second kappa shape index (κ2) is 3.71. The van der Waals surface area contributed by atoms with Gasteiger partial charge >= 0.3 is 0 Å². The van der Waals surface area contributed by atoms with Gasteiger partial charge in [-0.15, -0.1) is 16.6 Å². The molecule has 1 aromatic heterocycles. The SMILES string of the molecule is C#Cc1ccc(-c2ccccc2)nn1. The fourth-order valence-corrected chi connectivity index (χ4v) is 1.17. The summed E-state index contributed by atoms with van der Waals surface area (Å²) in [6.45, 7) is 0. The molecule has 0 saturated heterocycles. The molecule has 2 nitrogen and oxygen atoms in total. The lowest BCUT2D eigenvalue weighted by Gasteiger charge is -1.98. The van der Waals surface area contributed by atoms with Crippen LogP contribution in [-0.2, 0) is 0 Å². The lowest BCUT2D eigenvalue weighted by Crippen LogP contribution is -1.89. The third-order valence-corrected chi connectivity index (χ3v) is 1.88. The third-order valence-electron chi connectivity index (χ3n) is 1.88. The van der Waals surface area contributed by atoms with E-state index in [1.807, 2.05) is 36.4 Å². The first kappa shape index (κ1) is 8.46. The van der Waals surface area contributed by atoms with Crippen LogP contribution in [0.2, 0.25) is 0 Å². The van der Waals surface area contributed by atoms with Gasteiger partial charge in [0, 0.05) is 5.56 Å². The Morgan fingerprint density at radius 1 is 0.929 bits per heavy atom. The Morgan fingerprint density at radius 3 is 2.29 bits per heavy atom. The van der Waals surface area contributed by atoms with Crippen LogP contribution in [0.4, 0.5) is 0 Å². The zero-order chi connectivity index (χ0) is 9.80. The van der Waals surface area contributed by atoms with E-state index in [1.165, 1.54) is 0 Å². The van der Waals surface area contributed by atoms with Gasteiger partial charge in [-0.2, -0.15) is 0 Å². The minimum Gasteiger partial charge on any atom is -0.149 e. The van der Waals surface area contributed by atoms with E-state index in [-0.39, 0.29) is 0 Å². The topological polar surface area (TPSA) is 25.8 Å². The number of hydrogen-bond donors (Lipinski definition) is 0. The van der Waals surface area contributed by atoms with E-state index in [4.69, 9.17) is 6.42 Å². The molecule has 2 heteroatoms. The zero-order valence-electron chi connectivity index (χ0n) is 7.51. The molecule has 0 amide bonds. The molecule has 0 radical (unpaired) electrons. The van der Waals surface area contributed by atoms with Gasteiger partial charge in [0.25, 0.3) is 0 Å². The Kier molecular flexibility index (Phi) is 2.24. The third kappa shape index (κ3) is 1.62. The second-order valence-corrected chi connectivity index (χ2v) is 2.81. The van der Waals surface area contributed by atoms with Crippen LogP contribution in [-0.4, -0.2) is 10.2 Å². The molecule has 0 bridgehead atoms. The van der Waals surface area contributed by atoms with Crippen LogP contribution in [0.1, 0.15) is 5.69 Å². The van der Waals surface area contributed by atoms with Crippen LogP contribution in [0.25, 0.3) is 11.3 Å². The number of hydrogen-bond acceptors (Lipinski definition) is 2. The molecule has 0 fully saturated rings. The van der Waals surface area contributed by atoms with Gasteiger partial charge in [-0.3, -0.25) is 0 Å². The lowest BCUT2D eigenvalue weighted by atomic mass is 10.1. The fourth-order valence-electron chi connectivity index (χ4n) is 1.17. The van der Waals surface area contributed by atoms with Gasteiger partial charge in [-0.05, 0) is 18.1 Å². The van der Waals surface area contributed by atoms with Crippen LogP contribution in [0.5, 0.6) is 0 Å². The highest BCUT2D eigenvalue weighted by atomic mass is 15.1. The maximum Gasteiger partial charge on any atom is 0.135 e. The molecular weight excluding hydrogens is 172 g/mol. The van der Waals surface area contributed by atoms with Crippen LogP contribution in [0, 0.1) is 12.3 Å². The molecule has 2 aromatic rings. The van der Waals surface area contributed by atoms with Gasteiger partial charge in [0.05, 0.1) is 5.69 Å². The average Bonchev–Trinajstić information content (AvgIpc) is 2.30. The van der Waals surface area contributed by atoms with Crippen molar-refractivity contribution in [3.8, 4) is 23.6 Å². The largest absolute Gasteiger partial charge is 0.149 e. The van der Waals surface area contributed by atoms with Crippen molar-refractivity contribution in [3.63, 3.8) is 0 Å². The molecule has 0 unspecified atom stereocenters. The Bertz CT molecular complexity index is 452. The highest BCUT2D eigenvalue weighted by Gasteiger charge is 1.97. The molecule has 1 aromatic carbocycles. The first-order valence-electron chi connectivity index (χ1n) is 4.26. The van der Waals surface area contributed by atoms with E-state index in [0.29, 0.717) is 5.69 Å². The van der Waals surface area contributed by atoms with Gasteiger partial charge < -0.3 is 0 Å². The summed E-state index contributed by atoms with van der Waals surface area (Å²) in [4.78, 5) is 0. The van der Waals surface area contributed by atoms with E-state index in [0.717, 1.165) is 11.3 Å². The quantitative estimate of drug-likeness (QED) is 0.628. The molecule has 0 atom stereocenters. The highest BCUT2D eigenvalue weighted by Crippen LogP contribution is 2.14. The van der Waals surface area contributed by atoms with Crippen molar-refractivity contribution in [1.82, 2.24) is 10.2 Å². The molecule has 66 valence electrons. The summed E-state index contributed by atoms with van der Waals surface area (Å²) in [5, 5.41) is 7.91. The summed E-state index contributed by atoms with van der Waals surface area (Å²) in [6, 6.07) is 13.5. The Morgan fingerprint density at radius 2 is 1.71 bits per heavy atom. The Labute approximate surface area is 82.6 Å². The number of aromatic nitrogens is 2. The number of rotatable bonds is 1. The van der Waals surface area contributed by atoms with Crippen molar-refractivity contribution in [2.45, 2.75) is 0 Å². The van der Waals surface area contributed by atoms with E-state index < -0.39 is 0 Å². The van der Waals surface area contributed by atoms with Gasteiger partial charge in [0.2, 0.25) is 0 Å². The molecule has 0 aliphatic rings. The molecule has 0 aliphatic heterocycles. The summed E-state index contributed by atoms with van der Waals surface area (Å²) >= 11 is 0. The summed E-state index contributed by atoms with van der Waals surface area (Å²) in [6.07, 6.45) is 5.19. The molecule has 1 heterocycles. The van der Waals surface area contributed by atoms with Crippen LogP contribution >= 0.6 is 0 Å². The van der Waals surface area contributed by atoms with Crippen molar-refractivity contribution in [1.29, 1.82) is 0 Å². The van der Waals surface area contributed by atoms with Crippen LogP contribution in [0.15, 0.2) is 42.5 Å². The van der Waals surface area contributed by atoms with Crippen molar-refractivity contribution >= 4 is 0 Å². The highest BCUT2D eigenvalue weighted by molar-refractivity contribution is 5.58. The molecule has 0 aliphatic carbocycles. The van der Waals surface area contributed by atoms with Gasteiger partial charge in [0.1, 0.15) is 5.69 Å². The minimum absolute atomic E-state index is 0.560. The predicted octanol–water partition coefficient (Wildman–Crippen LogP) is 2.12. The van der Waals surface area contributed by atoms with Crippen LogP contribution in [0.3, 0.4) is 0 Å². The summed E-state index contributed by atoms with van der Waals surface area (Å²) in [5.74, 6) is 2.43. The van der Waals surface area contributed by atoms with E-state index in [2.05, 4.69) is 16.1 Å². The second-order valence-electron chi connectivity index (χ2n) is 2.81. The summed E-state index contributed by atoms with van der Waals surface area (Å²) < 4.78 is 0. The number of benzene rings is 1.